The van der Waals surface area contributed by atoms with Crippen LogP contribution in [0.25, 0.3) is 0 Å². The molecule has 0 atom stereocenters. The summed E-state index contributed by atoms with van der Waals surface area (Å²) < 4.78 is 0. The van der Waals surface area contributed by atoms with Gasteiger partial charge in [-0.15, -0.1) is 0 Å². The summed E-state index contributed by atoms with van der Waals surface area (Å²) in [6, 6.07) is 4.15. The van der Waals surface area contributed by atoms with E-state index in [1.807, 2.05) is 16.7 Å². The van der Waals surface area contributed by atoms with Crippen LogP contribution in [0.4, 0.5) is 0 Å². The van der Waals surface area contributed by atoms with Crippen molar-refractivity contribution >= 4 is 23.4 Å². The summed E-state index contributed by atoms with van der Waals surface area (Å²) in [5, 5.41) is 0.343. The molecule has 0 aromatic carbocycles. The lowest BCUT2D eigenvalue weighted by atomic mass is 9.91. The molecule has 1 aliphatic carbocycles. The van der Waals surface area contributed by atoms with Gasteiger partial charge in [-0.2, -0.15) is 0 Å². The molecule has 2 aliphatic heterocycles. The van der Waals surface area contributed by atoms with Crippen LogP contribution in [-0.2, 0) is 4.79 Å². The number of amides is 2. The Hall–Kier alpha value is -1.70. The van der Waals surface area contributed by atoms with E-state index in [-0.39, 0.29) is 11.8 Å². The average Bonchev–Trinajstić information content (AvgIpc) is 2.66. The van der Waals surface area contributed by atoms with E-state index in [9.17, 15) is 9.59 Å². The first-order valence-electron chi connectivity index (χ1n) is 10.7. The Morgan fingerprint density at radius 1 is 1.00 bits per heavy atom. The molecule has 3 fully saturated rings. The van der Waals surface area contributed by atoms with Gasteiger partial charge in [-0.25, -0.2) is 4.98 Å². The van der Waals surface area contributed by atoms with Crippen LogP contribution in [0.15, 0.2) is 12.1 Å². The van der Waals surface area contributed by atoms with Crippen LogP contribution in [0.2, 0.25) is 5.15 Å². The maximum Gasteiger partial charge on any atom is 0.254 e. The molecule has 0 radical (unpaired) electrons. The van der Waals surface area contributed by atoms with E-state index in [1.165, 1.54) is 19.3 Å². The average molecular weight is 420 g/mol. The highest BCUT2D eigenvalue weighted by Gasteiger charge is 2.30. The van der Waals surface area contributed by atoms with Crippen molar-refractivity contribution in [3.63, 3.8) is 0 Å². The summed E-state index contributed by atoms with van der Waals surface area (Å²) in [7, 11) is 0. The fraction of sp³-hybridized carbons (Fsp3) is 0.667. The molecule has 0 bridgehead atoms. The molecule has 3 heterocycles. The lowest BCUT2D eigenvalue weighted by Crippen LogP contribution is -2.56. The first kappa shape index (κ1) is 20.6. The summed E-state index contributed by atoms with van der Waals surface area (Å²) in [6.07, 6.45) is 4.00. The third kappa shape index (κ3) is 4.90. The predicted molar refractivity (Wildman–Crippen MR) is 112 cm³/mol. The van der Waals surface area contributed by atoms with Crippen molar-refractivity contribution in [2.24, 2.45) is 0 Å². The van der Waals surface area contributed by atoms with Gasteiger partial charge in [-0.1, -0.05) is 18.0 Å². The van der Waals surface area contributed by atoms with Gasteiger partial charge in [0.2, 0.25) is 5.91 Å². The summed E-state index contributed by atoms with van der Waals surface area (Å²) in [4.78, 5) is 38.1. The zero-order valence-corrected chi connectivity index (χ0v) is 17.9. The van der Waals surface area contributed by atoms with E-state index in [0.29, 0.717) is 30.4 Å². The second kappa shape index (κ2) is 8.98. The highest BCUT2D eigenvalue weighted by atomic mass is 35.5. The fourth-order valence-electron chi connectivity index (χ4n) is 4.42. The lowest BCUT2D eigenvalue weighted by Gasteiger charge is -2.43. The molecule has 0 N–H and O–H groups in total. The first-order valence-corrected chi connectivity index (χ1v) is 11.0. The van der Waals surface area contributed by atoms with Gasteiger partial charge < -0.3 is 9.80 Å². The predicted octanol–water partition coefficient (Wildman–Crippen LogP) is 1.50. The summed E-state index contributed by atoms with van der Waals surface area (Å²) in [5.41, 5.74) is 1.32. The Morgan fingerprint density at radius 2 is 1.66 bits per heavy atom. The van der Waals surface area contributed by atoms with E-state index in [2.05, 4.69) is 14.8 Å². The van der Waals surface area contributed by atoms with E-state index in [1.54, 1.807) is 12.1 Å². The number of aryl methyl sites for hydroxylation is 1. The van der Waals surface area contributed by atoms with Gasteiger partial charge >= 0.3 is 0 Å². The number of carbonyl (C=O) groups is 2. The molecule has 2 saturated heterocycles. The minimum Gasteiger partial charge on any atom is -0.339 e. The van der Waals surface area contributed by atoms with Crippen LogP contribution in [-0.4, -0.2) is 101 Å². The molecule has 3 aliphatic rings. The van der Waals surface area contributed by atoms with Crippen molar-refractivity contribution in [1.82, 2.24) is 24.6 Å². The van der Waals surface area contributed by atoms with Crippen molar-refractivity contribution < 1.29 is 9.59 Å². The fourth-order valence-corrected chi connectivity index (χ4v) is 4.67. The molecule has 0 unspecified atom stereocenters. The van der Waals surface area contributed by atoms with Gasteiger partial charge in [0.05, 0.1) is 6.54 Å². The molecule has 8 heteroatoms. The third-order valence-corrected chi connectivity index (χ3v) is 6.64. The Balaban J connectivity index is 1.22. The smallest absolute Gasteiger partial charge is 0.254 e. The van der Waals surface area contributed by atoms with Crippen molar-refractivity contribution in [2.45, 2.75) is 32.2 Å². The van der Waals surface area contributed by atoms with E-state index in [4.69, 9.17) is 11.6 Å². The van der Waals surface area contributed by atoms with Crippen LogP contribution < -0.4 is 0 Å². The van der Waals surface area contributed by atoms with Crippen LogP contribution in [0.1, 0.15) is 35.3 Å². The van der Waals surface area contributed by atoms with Crippen molar-refractivity contribution in [2.75, 3.05) is 58.9 Å². The number of piperazine rings is 2. The van der Waals surface area contributed by atoms with Gasteiger partial charge in [0.15, 0.2) is 0 Å². The van der Waals surface area contributed by atoms with Crippen molar-refractivity contribution in [3.8, 4) is 0 Å². The van der Waals surface area contributed by atoms with Gasteiger partial charge in [0.1, 0.15) is 5.15 Å². The summed E-state index contributed by atoms with van der Waals surface area (Å²) in [6.45, 7) is 8.67. The second-order valence-electron chi connectivity index (χ2n) is 8.39. The number of halogens is 1. The largest absolute Gasteiger partial charge is 0.339 e. The van der Waals surface area contributed by atoms with Crippen LogP contribution in [0, 0.1) is 6.92 Å². The number of aromatic nitrogens is 1. The molecule has 29 heavy (non-hydrogen) atoms. The van der Waals surface area contributed by atoms with Gasteiger partial charge in [-0.3, -0.25) is 19.4 Å². The Kier molecular flexibility index (Phi) is 6.37. The summed E-state index contributed by atoms with van der Waals surface area (Å²) >= 11 is 5.99. The molecule has 1 saturated carbocycles. The number of pyridine rings is 1. The maximum absolute atomic E-state index is 12.7. The summed E-state index contributed by atoms with van der Waals surface area (Å²) in [5.74, 6) is 0.199. The molecular weight excluding hydrogens is 390 g/mol. The minimum atomic E-state index is -0.0181. The van der Waals surface area contributed by atoms with Crippen molar-refractivity contribution in [1.29, 1.82) is 0 Å². The van der Waals surface area contributed by atoms with Gasteiger partial charge in [-0.05, 0) is 31.9 Å². The standard InChI is InChI=1S/C21H30ClN5O2/c1-16-13-17(14-19(22)23-16)21(29)27-7-5-24(6-8-27)15-20(28)26-11-9-25(10-12-26)18-3-2-4-18/h13-14,18H,2-12,15H2,1H3. The van der Waals surface area contributed by atoms with Crippen molar-refractivity contribution in [3.05, 3.63) is 28.5 Å². The monoisotopic (exact) mass is 419 g/mol. The zero-order chi connectivity index (χ0) is 20.4. The van der Waals surface area contributed by atoms with Crippen LogP contribution in [0.3, 0.4) is 0 Å². The normalized spacial score (nSPS) is 21.9. The second-order valence-corrected chi connectivity index (χ2v) is 8.78. The van der Waals surface area contributed by atoms with Gasteiger partial charge in [0.25, 0.3) is 5.91 Å². The highest BCUT2D eigenvalue weighted by Crippen LogP contribution is 2.25. The molecule has 7 nitrogen and oxygen atoms in total. The van der Waals surface area contributed by atoms with Gasteiger partial charge in [0, 0.05) is 69.7 Å². The lowest BCUT2D eigenvalue weighted by molar-refractivity contribution is -0.135. The van der Waals surface area contributed by atoms with Crippen LogP contribution in [0.5, 0.6) is 0 Å². The topological polar surface area (TPSA) is 60.0 Å². The zero-order valence-electron chi connectivity index (χ0n) is 17.1. The number of rotatable bonds is 4. The molecule has 158 valence electrons. The Bertz CT molecular complexity index is 733. The highest BCUT2D eigenvalue weighted by molar-refractivity contribution is 6.29. The molecule has 0 spiro atoms. The quantitative estimate of drug-likeness (QED) is 0.692. The van der Waals surface area contributed by atoms with E-state index >= 15 is 0 Å². The van der Waals surface area contributed by atoms with E-state index in [0.717, 1.165) is 51.0 Å². The molecular formula is C21H30ClN5O2. The Labute approximate surface area is 177 Å². The molecule has 1 aromatic heterocycles. The number of carbonyl (C=O) groups excluding carboxylic acids is 2. The third-order valence-electron chi connectivity index (χ3n) is 6.45. The number of hydrogen-bond donors (Lipinski definition) is 0. The molecule has 4 rings (SSSR count). The van der Waals surface area contributed by atoms with Crippen LogP contribution >= 0.6 is 11.6 Å². The molecule has 1 aromatic rings. The van der Waals surface area contributed by atoms with E-state index < -0.39 is 0 Å². The maximum atomic E-state index is 12.7. The minimum absolute atomic E-state index is 0.0181. The number of hydrogen-bond acceptors (Lipinski definition) is 5. The number of nitrogens with zero attached hydrogens (tertiary/aromatic N) is 5. The Morgan fingerprint density at radius 3 is 2.24 bits per heavy atom. The molecule has 2 amide bonds. The SMILES string of the molecule is Cc1cc(C(=O)N2CCN(CC(=O)N3CCN(C4CCC4)CC3)CC2)cc(Cl)n1. The first-order chi connectivity index (χ1) is 14.0.